The molecule has 0 fully saturated rings. The van der Waals surface area contributed by atoms with E-state index in [1.54, 1.807) is 0 Å². The zero-order chi connectivity index (χ0) is 16.4. The molecule has 116 valence electrons. The van der Waals surface area contributed by atoms with E-state index in [4.69, 9.17) is 10.7 Å². The van der Waals surface area contributed by atoms with Crippen LogP contribution in [-0.2, 0) is 0 Å². The lowest BCUT2D eigenvalue weighted by Crippen LogP contribution is -1.96. The number of benzene rings is 3. The van der Waals surface area contributed by atoms with Gasteiger partial charge in [0.2, 0.25) is 0 Å². The van der Waals surface area contributed by atoms with Crippen molar-refractivity contribution in [3.05, 3.63) is 90.3 Å². The highest BCUT2D eigenvalue weighted by atomic mass is 15.1. The average Bonchev–Trinajstić information content (AvgIpc) is 2.99. The number of imidazole rings is 1. The smallest absolute Gasteiger partial charge is 0.138 e. The summed E-state index contributed by atoms with van der Waals surface area (Å²) in [5.74, 6) is 0.880. The second-order valence-corrected chi connectivity index (χ2v) is 5.63. The first-order chi connectivity index (χ1) is 11.8. The van der Waals surface area contributed by atoms with Crippen LogP contribution in [0.5, 0.6) is 0 Å². The minimum atomic E-state index is 0.721. The van der Waals surface area contributed by atoms with Crippen molar-refractivity contribution in [2.24, 2.45) is 0 Å². The predicted octanol–water partition coefficient (Wildman–Crippen LogP) is 4.78. The summed E-state index contributed by atoms with van der Waals surface area (Å²) >= 11 is 0. The Hall–Kier alpha value is -3.33. The molecule has 0 spiro atoms. The molecule has 0 amide bonds. The first-order valence-corrected chi connectivity index (χ1v) is 7.88. The Balaban J connectivity index is 1.89. The van der Waals surface area contributed by atoms with Crippen molar-refractivity contribution in [3.63, 3.8) is 0 Å². The highest BCUT2D eigenvalue weighted by Crippen LogP contribution is 2.24. The number of para-hydroxylation sites is 1. The minimum Gasteiger partial charge on any atom is -0.399 e. The number of aromatic nitrogens is 2. The first kappa shape index (κ1) is 14.3. The lowest BCUT2D eigenvalue weighted by molar-refractivity contribution is 1.07. The third-order valence-electron chi connectivity index (χ3n) is 3.94. The van der Waals surface area contributed by atoms with Crippen molar-refractivity contribution < 1.29 is 0 Å². The summed E-state index contributed by atoms with van der Waals surface area (Å²) < 4.78 is 2.15. The maximum Gasteiger partial charge on any atom is 0.138 e. The van der Waals surface area contributed by atoms with Gasteiger partial charge in [0, 0.05) is 11.4 Å². The summed E-state index contributed by atoms with van der Waals surface area (Å²) in [6.07, 6.45) is 4.11. The maximum atomic E-state index is 5.92. The Bertz CT molecular complexity index is 999. The number of nitrogens with zero attached hydrogens (tertiary/aromatic N) is 2. The molecular formula is C21H17N3. The van der Waals surface area contributed by atoms with Crippen molar-refractivity contribution in [1.29, 1.82) is 0 Å². The van der Waals surface area contributed by atoms with Crippen LogP contribution in [0.2, 0.25) is 0 Å². The van der Waals surface area contributed by atoms with Crippen molar-refractivity contribution in [1.82, 2.24) is 9.55 Å². The number of hydrogen-bond acceptors (Lipinski definition) is 2. The number of rotatable bonds is 3. The molecule has 0 aliphatic rings. The van der Waals surface area contributed by atoms with Crippen LogP contribution >= 0.6 is 0 Å². The maximum absolute atomic E-state index is 5.92. The summed E-state index contributed by atoms with van der Waals surface area (Å²) in [4.78, 5) is 4.76. The number of anilines is 1. The summed E-state index contributed by atoms with van der Waals surface area (Å²) in [6, 6.07) is 26.3. The van der Waals surface area contributed by atoms with Gasteiger partial charge < -0.3 is 5.73 Å². The molecule has 24 heavy (non-hydrogen) atoms. The fraction of sp³-hybridized carbons (Fsp3) is 0. The number of fused-ring (bicyclic) bond motifs is 1. The van der Waals surface area contributed by atoms with Crippen LogP contribution in [0, 0.1) is 0 Å². The molecule has 4 rings (SSSR count). The van der Waals surface area contributed by atoms with Gasteiger partial charge in [-0.3, -0.25) is 4.57 Å². The molecule has 0 saturated heterocycles. The molecule has 0 aliphatic carbocycles. The SMILES string of the molecule is Nc1ccc2c(c1)nc(C=Cc1ccccc1)n2-c1ccccc1. The monoisotopic (exact) mass is 311 g/mol. The van der Waals surface area contributed by atoms with Crippen molar-refractivity contribution in [2.75, 3.05) is 5.73 Å². The highest BCUT2D eigenvalue weighted by molar-refractivity contribution is 5.84. The van der Waals surface area contributed by atoms with E-state index in [0.717, 1.165) is 33.8 Å². The molecule has 0 atom stereocenters. The van der Waals surface area contributed by atoms with E-state index >= 15 is 0 Å². The van der Waals surface area contributed by atoms with E-state index in [0.29, 0.717) is 0 Å². The van der Waals surface area contributed by atoms with Gasteiger partial charge in [0.25, 0.3) is 0 Å². The molecular weight excluding hydrogens is 294 g/mol. The van der Waals surface area contributed by atoms with Crippen LogP contribution in [0.4, 0.5) is 5.69 Å². The van der Waals surface area contributed by atoms with Crippen LogP contribution in [0.1, 0.15) is 11.4 Å². The Morgan fingerprint density at radius 3 is 2.25 bits per heavy atom. The van der Waals surface area contributed by atoms with Gasteiger partial charge in [-0.25, -0.2) is 4.98 Å². The summed E-state index contributed by atoms with van der Waals surface area (Å²) in [5.41, 5.74) is 10.8. The van der Waals surface area contributed by atoms with Gasteiger partial charge in [-0.05, 0) is 42.0 Å². The lowest BCUT2D eigenvalue weighted by Gasteiger charge is -2.07. The van der Waals surface area contributed by atoms with E-state index < -0.39 is 0 Å². The molecule has 4 aromatic rings. The van der Waals surface area contributed by atoms with E-state index in [9.17, 15) is 0 Å². The van der Waals surface area contributed by atoms with Crippen LogP contribution in [0.25, 0.3) is 28.9 Å². The fourth-order valence-electron chi connectivity index (χ4n) is 2.81. The summed E-state index contributed by atoms with van der Waals surface area (Å²) in [5, 5.41) is 0. The van der Waals surface area contributed by atoms with Crippen molar-refractivity contribution in [3.8, 4) is 5.69 Å². The van der Waals surface area contributed by atoms with Gasteiger partial charge in [0.1, 0.15) is 5.82 Å². The molecule has 1 heterocycles. The van der Waals surface area contributed by atoms with E-state index in [1.807, 2.05) is 60.7 Å². The van der Waals surface area contributed by atoms with Gasteiger partial charge in [0.05, 0.1) is 11.0 Å². The van der Waals surface area contributed by atoms with Crippen LogP contribution in [0.3, 0.4) is 0 Å². The number of nitrogen functional groups attached to an aromatic ring is 1. The van der Waals surface area contributed by atoms with Crippen molar-refractivity contribution >= 4 is 28.9 Å². The Morgan fingerprint density at radius 1 is 0.792 bits per heavy atom. The molecule has 3 nitrogen and oxygen atoms in total. The van der Waals surface area contributed by atoms with E-state index in [2.05, 4.69) is 34.9 Å². The zero-order valence-corrected chi connectivity index (χ0v) is 13.1. The van der Waals surface area contributed by atoms with Gasteiger partial charge in [0.15, 0.2) is 0 Å². The van der Waals surface area contributed by atoms with Crippen molar-refractivity contribution in [2.45, 2.75) is 0 Å². The number of nitrogens with two attached hydrogens (primary N) is 1. The molecule has 0 bridgehead atoms. The molecule has 3 aromatic carbocycles. The predicted molar refractivity (Wildman–Crippen MR) is 101 cm³/mol. The Morgan fingerprint density at radius 2 is 1.50 bits per heavy atom. The van der Waals surface area contributed by atoms with Gasteiger partial charge in [-0.2, -0.15) is 0 Å². The van der Waals surface area contributed by atoms with E-state index in [-0.39, 0.29) is 0 Å². The molecule has 1 aromatic heterocycles. The molecule has 0 aliphatic heterocycles. The summed E-state index contributed by atoms with van der Waals surface area (Å²) in [6.45, 7) is 0. The second-order valence-electron chi connectivity index (χ2n) is 5.63. The summed E-state index contributed by atoms with van der Waals surface area (Å²) in [7, 11) is 0. The second kappa shape index (κ2) is 6.05. The quantitative estimate of drug-likeness (QED) is 0.553. The average molecular weight is 311 g/mol. The largest absolute Gasteiger partial charge is 0.399 e. The third kappa shape index (κ3) is 2.68. The third-order valence-corrected chi connectivity index (χ3v) is 3.94. The zero-order valence-electron chi connectivity index (χ0n) is 13.1. The van der Waals surface area contributed by atoms with Gasteiger partial charge in [-0.15, -0.1) is 0 Å². The fourth-order valence-corrected chi connectivity index (χ4v) is 2.81. The number of hydrogen-bond donors (Lipinski definition) is 1. The molecule has 0 unspecified atom stereocenters. The standard InChI is InChI=1S/C21H17N3/c22-17-12-13-20-19(15-17)23-21(14-11-16-7-3-1-4-8-16)24(20)18-9-5-2-6-10-18/h1-15H,22H2. The minimum absolute atomic E-state index is 0.721. The normalized spacial score (nSPS) is 11.3. The Kier molecular flexibility index (Phi) is 3.60. The highest BCUT2D eigenvalue weighted by Gasteiger charge is 2.10. The van der Waals surface area contributed by atoms with E-state index in [1.165, 1.54) is 0 Å². The lowest BCUT2D eigenvalue weighted by atomic mass is 10.2. The molecule has 3 heteroatoms. The van der Waals surface area contributed by atoms with Crippen LogP contribution in [-0.4, -0.2) is 9.55 Å². The molecule has 0 saturated carbocycles. The molecule has 0 radical (unpaired) electrons. The van der Waals surface area contributed by atoms with Crippen LogP contribution < -0.4 is 5.73 Å². The topological polar surface area (TPSA) is 43.8 Å². The first-order valence-electron chi connectivity index (χ1n) is 7.88. The van der Waals surface area contributed by atoms with Gasteiger partial charge in [-0.1, -0.05) is 54.6 Å². The molecule has 2 N–H and O–H groups in total. The Labute approximate surface area is 140 Å². The van der Waals surface area contributed by atoms with Crippen LogP contribution in [0.15, 0.2) is 78.9 Å². The van der Waals surface area contributed by atoms with Gasteiger partial charge >= 0.3 is 0 Å².